The summed E-state index contributed by atoms with van der Waals surface area (Å²) in [6.45, 7) is 4.60. The number of rotatable bonds is 5. The highest BCUT2D eigenvalue weighted by Crippen LogP contribution is 2.28. The molecule has 0 saturated carbocycles. The van der Waals surface area contributed by atoms with Gasteiger partial charge in [-0.1, -0.05) is 18.2 Å². The third-order valence-corrected chi connectivity index (χ3v) is 5.29. The van der Waals surface area contributed by atoms with E-state index in [4.69, 9.17) is 10.1 Å². The van der Waals surface area contributed by atoms with Crippen LogP contribution in [0.1, 0.15) is 16.7 Å². The molecule has 160 valence electrons. The molecule has 1 fully saturated rings. The van der Waals surface area contributed by atoms with Crippen molar-refractivity contribution in [1.29, 1.82) is 5.41 Å². The normalized spacial score (nSPS) is 13.8. The molecule has 0 atom stereocenters. The molecule has 0 spiro atoms. The van der Waals surface area contributed by atoms with Gasteiger partial charge in [-0.2, -0.15) is 0 Å². The zero-order chi connectivity index (χ0) is 22.0. The van der Waals surface area contributed by atoms with Gasteiger partial charge in [-0.25, -0.2) is 8.78 Å². The van der Waals surface area contributed by atoms with Crippen molar-refractivity contribution >= 4 is 22.8 Å². The van der Waals surface area contributed by atoms with Crippen LogP contribution in [0.25, 0.3) is 0 Å². The van der Waals surface area contributed by atoms with Crippen molar-refractivity contribution in [3.63, 3.8) is 0 Å². The molecule has 0 amide bonds. The molecule has 0 radical (unpaired) electrons. The zero-order valence-electron chi connectivity index (χ0n) is 17.0. The van der Waals surface area contributed by atoms with Crippen LogP contribution in [0.15, 0.2) is 53.5 Å². The van der Waals surface area contributed by atoms with Crippen LogP contribution in [0.5, 0.6) is 0 Å². The number of para-hydroxylation sites is 1. The molecule has 2 aromatic carbocycles. The Labute approximate surface area is 178 Å². The summed E-state index contributed by atoms with van der Waals surface area (Å²) < 4.78 is 33.7. The van der Waals surface area contributed by atoms with Crippen LogP contribution in [0.4, 0.5) is 25.8 Å². The average molecular weight is 424 g/mol. The number of aromatic amines is 1. The number of hydrogen-bond donors (Lipinski definition) is 3. The first-order valence-electron chi connectivity index (χ1n) is 9.91. The first-order valence-corrected chi connectivity index (χ1v) is 9.91. The highest BCUT2D eigenvalue weighted by Gasteiger charge is 2.20. The summed E-state index contributed by atoms with van der Waals surface area (Å²) in [6, 6.07) is 10.8. The summed E-state index contributed by atoms with van der Waals surface area (Å²) in [6.07, 6.45) is 1.45. The number of hydrogen-bond acceptors (Lipinski definition) is 5. The van der Waals surface area contributed by atoms with E-state index >= 15 is 0 Å². The van der Waals surface area contributed by atoms with E-state index in [1.54, 1.807) is 19.1 Å². The first kappa shape index (κ1) is 20.7. The molecule has 3 aromatic rings. The number of halogens is 2. The van der Waals surface area contributed by atoms with Crippen LogP contribution in [0.3, 0.4) is 0 Å². The second kappa shape index (κ2) is 8.69. The SMILES string of the molecule is Cc1c[nH]c(=O)c(C(=N)c2ccc(N3CCOCC3)cc2)c1Nc1c(F)cccc1F. The van der Waals surface area contributed by atoms with Gasteiger partial charge in [0.15, 0.2) is 0 Å². The second-order valence-corrected chi connectivity index (χ2v) is 7.29. The maximum Gasteiger partial charge on any atom is 0.259 e. The number of benzene rings is 2. The number of nitrogens with one attached hydrogen (secondary N) is 3. The molecule has 6 nitrogen and oxygen atoms in total. The van der Waals surface area contributed by atoms with E-state index in [1.165, 1.54) is 12.3 Å². The van der Waals surface area contributed by atoms with Gasteiger partial charge < -0.3 is 19.9 Å². The van der Waals surface area contributed by atoms with Crippen LogP contribution in [0.2, 0.25) is 0 Å². The smallest absolute Gasteiger partial charge is 0.259 e. The molecule has 4 rings (SSSR count). The number of anilines is 3. The maximum atomic E-state index is 14.2. The van der Waals surface area contributed by atoms with Crippen molar-refractivity contribution in [2.45, 2.75) is 6.92 Å². The van der Waals surface area contributed by atoms with Crippen molar-refractivity contribution in [3.05, 3.63) is 87.3 Å². The predicted octanol–water partition coefficient (Wildman–Crippen LogP) is 3.96. The molecule has 3 N–H and O–H groups in total. The number of morpholine rings is 1. The van der Waals surface area contributed by atoms with E-state index in [9.17, 15) is 13.6 Å². The van der Waals surface area contributed by atoms with Gasteiger partial charge in [0.05, 0.1) is 30.2 Å². The molecule has 1 aromatic heterocycles. The van der Waals surface area contributed by atoms with Crippen molar-refractivity contribution in [1.82, 2.24) is 4.98 Å². The standard InChI is InChI=1S/C23H22F2N4O2/c1-14-13-27-23(30)19(21(14)28-22-17(24)3-2-4-18(22)25)20(26)15-5-7-16(8-6-15)29-9-11-31-12-10-29/h2-8,13,26H,9-12H2,1H3,(H2,27,28,30). The molecule has 1 aliphatic heterocycles. The highest BCUT2D eigenvalue weighted by molar-refractivity contribution is 6.14. The van der Waals surface area contributed by atoms with E-state index in [1.807, 2.05) is 12.1 Å². The van der Waals surface area contributed by atoms with E-state index in [2.05, 4.69) is 15.2 Å². The Morgan fingerprint density at radius 3 is 2.35 bits per heavy atom. The fourth-order valence-corrected chi connectivity index (χ4v) is 3.58. The summed E-state index contributed by atoms with van der Waals surface area (Å²) in [4.78, 5) is 17.4. The molecule has 1 saturated heterocycles. The van der Waals surface area contributed by atoms with Crippen molar-refractivity contribution < 1.29 is 13.5 Å². The Morgan fingerprint density at radius 2 is 1.71 bits per heavy atom. The lowest BCUT2D eigenvalue weighted by atomic mass is 9.99. The Kier molecular flexibility index (Phi) is 5.81. The summed E-state index contributed by atoms with van der Waals surface area (Å²) in [5.41, 5.74) is 1.34. The molecule has 2 heterocycles. The fraction of sp³-hybridized carbons (Fsp3) is 0.217. The molecule has 1 aliphatic rings. The molecular weight excluding hydrogens is 402 g/mol. The van der Waals surface area contributed by atoms with E-state index in [-0.39, 0.29) is 22.6 Å². The first-order chi connectivity index (χ1) is 15.0. The summed E-state index contributed by atoms with van der Waals surface area (Å²) in [5.74, 6) is -1.57. The third-order valence-electron chi connectivity index (χ3n) is 5.29. The number of aryl methyl sites for hydroxylation is 1. The average Bonchev–Trinajstić information content (AvgIpc) is 2.79. The molecule has 31 heavy (non-hydrogen) atoms. The molecule has 0 aliphatic carbocycles. The second-order valence-electron chi connectivity index (χ2n) is 7.29. The third kappa shape index (κ3) is 4.20. The topological polar surface area (TPSA) is 81.2 Å². The van der Waals surface area contributed by atoms with Crippen LogP contribution >= 0.6 is 0 Å². The lowest BCUT2D eigenvalue weighted by Crippen LogP contribution is -2.36. The number of H-pyrrole nitrogens is 1. The number of nitrogens with zero attached hydrogens (tertiary/aromatic N) is 1. The maximum absolute atomic E-state index is 14.2. The van der Waals surface area contributed by atoms with Crippen molar-refractivity contribution in [2.24, 2.45) is 0 Å². The predicted molar refractivity (Wildman–Crippen MR) is 117 cm³/mol. The van der Waals surface area contributed by atoms with E-state index in [0.29, 0.717) is 24.3 Å². The van der Waals surface area contributed by atoms with Crippen molar-refractivity contribution in [2.75, 3.05) is 36.5 Å². The van der Waals surface area contributed by atoms with E-state index < -0.39 is 17.2 Å². The minimum atomic E-state index is -0.785. The van der Waals surface area contributed by atoms with Gasteiger partial charge in [-0.05, 0) is 36.8 Å². The largest absolute Gasteiger partial charge is 0.378 e. The Bertz CT molecular complexity index is 1150. The van der Waals surface area contributed by atoms with Gasteiger partial charge in [-0.3, -0.25) is 10.2 Å². The summed E-state index contributed by atoms with van der Waals surface area (Å²) in [7, 11) is 0. The number of ether oxygens (including phenoxy) is 1. The van der Waals surface area contributed by atoms with Gasteiger partial charge in [0, 0.05) is 30.5 Å². The van der Waals surface area contributed by atoms with Crippen LogP contribution in [0, 0.1) is 24.0 Å². The Balaban J connectivity index is 1.70. The monoisotopic (exact) mass is 424 g/mol. The molecule has 8 heteroatoms. The van der Waals surface area contributed by atoms with Gasteiger partial charge >= 0.3 is 0 Å². The minimum Gasteiger partial charge on any atom is -0.378 e. The fourth-order valence-electron chi connectivity index (χ4n) is 3.58. The van der Waals surface area contributed by atoms with E-state index in [0.717, 1.165) is 30.9 Å². The minimum absolute atomic E-state index is 0.0155. The van der Waals surface area contributed by atoms with Crippen LogP contribution in [-0.4, -0.2) is 37.0 Å². The Morgan fingerprint density at radius 1 is 1.06 bits per heavy atom. The zero-order valence-corrected chi connectivity index (χ0v) is 17.0. The lowest BCUT2D eigenvalue weighted by Gasteiger charge is -2.29. The van der Waals surface area contributed by atoms with Crippen LogP contribution < -0.4 is 15.8 Å². The number of pyridine rings is 1. The lowest BCUT2D eigenvalue weighted by molar-refractivity contribution is 0.122. The highest BCUT2D eigenvalue weighted by atomic mass is 19.1. The Hall–Kier alpha value is -3.52. The van der Waals surface area contributed by atoms with Gasteiger partial charge in [0.1, 0.15) is 17.3 Å². The number of aromatic nitrogens is 1. The molecule has 0 unspecified atom stereocenters. The molecule has 0 bridgehead atoms. The molecular formula is C23H22F2N4O2. The van der Waals surface area contributed by atoms with Gasteiger partial charge in [-0.15, -0.1) is 0 Å². The van der Waals surface area contributed by atoms with Crippen molar-refractivity contribution in [3.8, 4) is 0 Å². The van der Waals surface area contributed by atoms with Crippen LogP contribution in [-0.2, 0) is 4.74 Å². The quantitative estimate of drug-likeness (QED) is 0.542. The van der Waals surface area contributed by atoms with Gasteiger partial charge in [0.25, 0.3) is 5.56 Å². The summed E-state index contributed by atoms with van der Waals surface area (Å²) >= 11 is 0. The summed E-state index contributed by atoms with van der Waals surface area (Å²) in [5, 5.41) is 11.4. The van der Waals surface area contributed by atoms with Gasteiger partial charge in [0.2, 0.25) is 0 Å².